The van der Waals surface area contributed by atoms with E-state index < -0.39 is 17.5 Å². The van der Waals surface area contributed by atoms with Gasteiger partial charge in [0.2, 0.25) is 0 Å². The molecule has 2 atom stereocenters. The van der Waals surface area contributed by atoms with E-state index >= 15 is 4.39 Å². The largest absolute Gasteiger partial charge is 0.436 e. The summed E-state index contributed by atoms with van der Waals surface area (Å²) in [7, 11) is 0. The minimum atomic E-state index is -1.30. The average molecular weight is 497 g/mol. The van der Waals surface area contributed by atoms with Crippen LogP contribution >= 0.6 is 11.6 Å². The first-order valence-electron chi connectivity index (χ1n) is 11.7. The van der Waals surface area contributed by atoms with Crippen LogP contribution in [0.25, 0.3) is 0 Å². The number of aryl methyl sites for hydroxylation is 1. The first kappa shape index (κ1) is 23.4. The van der Waals surface area contributed by atoms with Crippen molar-refractivity contribution in [1.29, 1.82) is 0 Å². The second-order valence-corrected chi connectivity index (χ2v) is 9.58. The minimum Gasteiger partial charge on any atom is -0.436 e. The van der Waals surface area contributed by atoms with Crippen molar-refractivity contribution in [2.24, 2.45) is 0 Å². The number of carbonyl (C=O) groups excluding carboxylic acids is 2. The number of benzene rings is 2. The summed E-state index contributed by atoms with van der Waals surface area (Å²) in [6, 6.07) is 11.2. The molecule has 5 rings (SSSR count). The predicted molar refractivity (Wildman–Crippen MR) is 130 cm³/mol. The number of nitrogens with one attached hydrogen (secondary N) is 1. The third kappa shape index (κ3) is 4.16. The van der Waals surface area contributed by atoms with Gasteiger partial charge in [-0.05, 0) is 43.9 Å². The summed E-state index contributed by atoms with van der Waals surface area (Å²) in [6.07, 6.45) is 4.37. The summed E-state index contributed by atoms with van der Waals surface area (Å²) in [5.41, 5.74) is 1.91. The molecule has 3 aromatic rings. The molecule has 0 saturated carbocycles. The Balaban J connectivity index is 1.43. The number of nitrogens with zero attached hydrogens (tertiary/aromatic N) is 3. The molecule has 2 amide bonds. The van der Waals surface area contributed by atoms with E-state index in [0.717, 1.165) is 17.5 Å². The van der Waals surface area contributed by atoms with Crippen LogP contribution in [0, 0.1) is 12.7 Å². The number of aromatic nitrogens is 2. The Morgan fingerprint density at radius 2 is 2.17 bits per heavy atom. The molecule has 1 aromatic heterocycles. The fourth-order valence-corrected chi connectivity index (χ4v) is 5.36. The Kier molecular flexibility index (Phi) is 6.01. The second-order valence-electron chi connectivity index (χ2n) is 9.17. The zero-order valence-electron chi connectivity index (χ0n) is 19.6. The van der Waals surface area contributed by atoms with Crippen LogP contribution in [0.5, 0.6) is 0 Å². The molecule has 9 heteroatoms. The van der Waals surface area contributed by atoms with Crippen molar-refractivity contribution in [3.05, 3.63) is 81.9 Å². The van der Waals surface area contributed by atoms with Gasteiger partial charge in [0.05, 0.1) is 40.6 Å². The smallest absolute Gasteiger partial charge is 0.412 e. The standard InChI is InChI=1S/C26H26ClFN4O3/c1-3-21(17-7-4-6-16(2)12-17)32-14-18(13-29-32)24(33)31-11-5-10-26(15-31)22-20(30-25(34)35-26)9-8-19(27)23(22)28/h4,6-9,12-14,21H,3,5,10-11,15H2,1-2H3,(H,30,34)/t21?,26-/m0/s1. The summed E-state index contributed by atoms with van der Waals surface area (Å²) >= 11 is 6.05. The van der Waals surface area contributed by atoms with Crippen molar-refractivity contribution in [2.45, 2.75) is 44.8 Å². The van der Waals surface area contributed by atoms with Crippen molar-refractivity contribution >= 4 is 29.3 Å². The van der Waals surface area contributed by atoms with Gasteiger partial charge in [0.1, 0.15) is 0 Å². The van der Waals surface area contributed by atoms with Gasteiger partial charge >= 0.3 is 6.09 Å². The Morgan fingerprint density at radius 3 is 2.94 bits per heavy atom. The average Bonchev–Trinajstić information content (AvgIpc) is 3.31. The Labute approximate surface area is 207 Å². The summed E-state index contributed by atoms with van der Waals surface area (Å²) in [5.74, 6) is -0.886. The van der Waals surface area contributed by atoms with Crippen molar-refractivity contribution in [1.82, 2.24) is 14.7 Å². The summed E-state index contributed by atoms with van der Waals surface area (Å²) in [6.45, 7) is 4.61. The normalized spacial score (nSPS) is 20.2. The number of amides is 2. The van der Waals surface area contributed by atoms with Crippen LogP contribution in [0.1, 0.15) is 59.3 Å². The van der Waals surface area contributed by atoms with Crippen molar-refractivity contribution in [3.8, 4) is 0 Å². The summed E-state index contributed by atoms with van der Waals surface area (Å²) in [4.78, 5) is 27.4. The zero-order chi connectivity index (χ0) is 24.7. The predicted octanol–water partition coefficient (Wildman–Crippen LogP) is 5.68. The molecule has 2 aliphatic rings. The number of anilines is 1. The van der Waals surface area contributed by atoms with Crippen LogP contribution in [0.4, 0.5) is 14.9 Å². The van der Waals surface area contributed by atoms with Crippen LogP contribution in [0.15, 0.2) is 48.8 Å². The van der Waals surface area contributed by atoms with Gasteiger partial charge in [-0.1, -0.05) is 48.4 Å². The van der Waals surface area contributed by atoms with E-state index in [0.29, 0.717) is 30.6 Å². The fraction of sp³-hybridized carbons (Fsp3) is 0.346. The molecule has 7 nitrogen and oxygen atoms in total. The van der Waals surface area contributed by atoms with Crippen LogP contribution in [-0.4, -0.2) is 39.8 Å². The summed E-state index contributed by atoms with van der Waals surface area (Å²) in [5, 5.41) is 6.96. The first-order valence-corrected chi connectivity index (χ1v) is 12.1. The summed E-state index contributed by atoms with van der Waals surface area (Å²) < 4.78 is 22.6. The van der Waals surface area contributed by atoms with Gasteiger partial charge < -0.3 is 9.64 Å². The molecule has 1 N–H and O–H groups in total. The maximum absolute atomic E-state index is 15.1. The number of ether oxygens (including phenoxy) is 1. The molecule has 1 spiro atoms. The molecule has 2 aliphatic heterocycles. The lowest BCUT2D eigenvalue weighted by Crippen LogP contribution is -2.53. The highest BCUT2D eigenvalue weighted by molar-refractivity contribution is 6.31. The number of likely N-dealkylation sites (tertiary alicyclic amines) is 1. The maximum Gasteiger partial charge on any atom is 0.412 e. The van der Waals surface area contributed by atoms with E-state index in [2.05, 4.69) is 29.5 Å². The van der Waals surface area contributed by atoms with Gasteiger partial charge in [-0.15, -0.1) is 0 Å². The second kappa shape index (κ2) is 9.00. The van der Waals surface area contributed by atoms with Crippen LogP contribution in [0.3, 0.4) is 0 Å². The van der Waals surface area contributed by atoms with E-state index in [1.165, 1.54) is 6.07 Å². The molecule has 2 aromatic carbocycles. The van der Waals surface area contributed by atoms with Gasteiger partial charge in [-0.25, -0.2) is 9.18 Å². The quantitative estimate of drug-likeness (QED) is 0.504. The van der Waals surface area contributed by atoms with Gasteiger partial charge in [-0.2, -0.15) is 5.10 Å². The van der Waals surface area contributed by atoms with E-state index in [9.17, 15) is 9.59 Å². The monoisotopic (exact) mass is 496 g/mol. The van der Waals surface area contributed by atoms with Gasteiger partial charge in [0.15, 0.2) is 11.4 Å². The van der Waals surface area contributed by atoms with E-state index in [-0.39, 0.29) is 29.1 Å². The highest BCUT2D eigenvalue weighted by Gasteiger charge is 2.48. The van der Waals surface area contributed by atoms with E-state index in [4.69, 9.17) is 16.3 Å². The lowest BCUT2D eigenvalue weighted by molar-refractivity contribution is -0.0418. The first-order chi connectivity index (χ1) is 16.8. The molecular formula is C26H26ClFN4O3. The number of carbonyl (C=O) groups is 2. The topological polar surface area (TPSA) is 76.5 Å². The van der Waals surface area contributed by atoms with Crippen molar-refractivity contribution in [2.75, 3.05) is 18.4 Å². The molecule has 0 bridgehead atoms. The number of fused-ring (bicyclic) bond motifs is 2. The molecule has 3 heterocycles. The van der Waals surface area contributed by atoms with Gasteiger partial charge in [0.25, 0.3) is 5.91 Å². The highest BCUT2D eigenvalue weighted by atomic mass is 35.5. The third-order valence-electron chi connectivity index (χ3n) is 6.80. The SMILES string of the molecule is CCC(c1cccc(C)c1)n1cc(C(=O)N2CCC[C@@]3(C2)OC(=O)Nc2ccc(Cl)c(F)c23)cn1. The zero-order valence-corrected chi connectivity index (χ0v) is 20.3. The lowest BCUT2D eigenvalue weighted by atomic mass is 9.83. The van der Waals surface area contributed by atoms with Crippen molar-refractivity contribution < 1.29 is 18.7 Å². The molecule has 182 valence electrons. The molecule has 1 saturated heterocycles. The van der Waals surface area contributed by atoms with Crippen LogP contribution < -0.4 is 5.32 Å². The molecule has 1 unspecified atom stereocenters. The number of hydrogen-bond donors (Lipinski definition) is 1. The molecule has 0 aliphatic carbocycles. The molecule has 0 radical (unpaired) electrons. The highest BCUT2D eigenvalue weighted by Crippen LogP contribution is 2.45. The number of piperidine rings is 1. The minimum absolute atomic E-state index is 0.00219. The number of halogens is 2. The van der Waals surface area contributed by atoms with E-state index in [1.54, 1.807) is 28.0 Å². The van der Waals surface area contributed by atoms with Gasteiger partial charge in [-0.3, -0.25) is 14.8 Å². The van der Waals surface area contributed by atoms with E-state index in [1.807, 2.05) is 19.1 Å². The van der Waals surface area contributed by atoms with Gasteiger partial charge in [0, 0.05) is 12.7 Å². The molecule has 35 heavy (non-hydrogen) atoms. The lowest BCUT2D eigenvalue weighted by Gasteiger charge is -2.45. The van der Waals surface area contributed by atoms with Crippen molar-refractivity contribution in [3.63, 3.8) is 0 Å². The third-order valence-corrected chi connectivity index (χ3v) is 7.09. The molecule has 1 fully saturated rings. The Morgan fingerprint density at radius 1 is 1.34 bits per heavy atom. The van der Waals surface area contributed by atoms with Crippen LogP contribution in [-0.2, 0) is 10.3 Å². The van der Waals surface area contributed by atoms with Crippen LogP contribution in [0.2, 0.25) is 5.02 Å². The Bertz CT molecular complexity index is 1310. The maximum atomic E-state index is 15.1. The molecular weight excluding hydrogens is 471 g/mol. The number of rotatable bonds is 4. The fourth-order valence-electron chi connectivity index (χ4n) is 5.20. The Hall–Kier alpha value is -3.39. The number of hydrogen-bond acceptors (Lipinski definition) is 4.